The third-order valence-corrected chi connectivity index (χ3v) is 3.06. The smallest absolute Gasteiger partial charge is 0.229 e. The molecule has 0 spiro atoms. The summed E-state index contributed by atoms with van der Waals surface area (Å²) in [6.07, 6.45) is 3.59. The van der Waals surface area contributed by atoms with Crippen molar-refractivity contribution in [2.45, 2.75) is 31.9 Å². The summed E-state index contributed by atoms with van der Waals surface area (Å²) in [6.45, 7) is 1.57. The largest absolute Gasteiger partial charge is 0.376 e. The molecular weight excluding hydrogens is 258 g/mol. The van der Waals surface area contributed by atoms with Crippen LogP contribution in [-0.4, -0.2) is 36.1 Å². The Balaban J connectivity index is 1.62. The van der Waals surface area contributed by atoms with E-state index in [-0.39, 0.29) is 24.3 Å². The molecule has 1 aliphatic heterocycles. The van der Waals surface area contributed by atoms with Gasteiger partial charge in [0, 0.05) is 19.3 Å². The predicted octanol–water partition coefficient (Wildman–Crippen LogP) is 0.383. The minimum absolute atomic E-state index is 0.0931. The van der Waals surface area contributed by atoms with Gasteiger partial charge in [0.05, 0.1) is 18.3 Å². The molecule has 1 aromatic rings. The summed E-state index contributed by atoms with van der Waals surface area (Å²) in [6, 6.07) is 5.48. The molecule has 0 aromatic carbocycles. The van der Waals surface area contributed by atoms with Crippen molar-refractivity contribution in [3.63, 3.8) is 0 Å². The molecule has 0 bridgehead atoms. The molecule has 2 amide bonds. The normalized spacial score (nSPS) is 17.7. The van der Waals surface area contributed by atoms with Crippen LogP contribution in [0, 0.1) is 0 Å². The molecule has 20 heavy (non-hydrogen) atoms. The van der Waals surface area contributed by atoms with E-state index in [9.17, 15) is 9.59 Å². The van der Waals surface area contributed by atoms with E-state index in [0.29, 0.717) is 13.1 Å². The monoisotopic (exact) mass is 277 g/mol. The molecular formula is C14H19N3O3. The van der Waals surface area contributed by atoms with E-state index in [1.807, 2.05) is 18.2 Å². The topological polar surface area (TPSA) is 80.3 Å². The minimum Gasteiger partial charge on any atom is -0.376 e. The predicted molar refractivity (Wildman–Crippen MR) is 72.7 cm³/mol. The van der Waals surface area contributed by atoms with Crippen LogP contribution in [-0.2, 0) is 20.9 Å². The summed E-state index contributed by atoms with van der Waals surface area (Å²) in [5.74, 6) is -0.584. The van der Waals surface area contributed by atoms with E-state index in [2.05, 4.69) is 15.6 Å². The van der Waals surface area contributed by atoms with Gasteiger partial charge < -0.3 is 15.4 Å². The lowest BCUT2D eigenvalue weighted by Crippen LogP contribution is -2.35. The number of hydrogen-bond donors (Lipinski definition) is 2. The van der Waals surface area contributed by atoms with Gasteiger partial charge in [-0.3, -0.25) is 14.6 Å². The fraction of sp³-hybridized carbons (Fsp3) is 0.500. The van der Waals surface area contributed by atoms with Crippen LogP contribution in [0.15, 0.2) is 24.4 Å². The zero-order chi connectivity index (χ0) is 14.2. The Kier molecular flexibility index (Phi) is 5.49. The van der Waals surface area contributed by atoms with E-state index < -0.39 is 0 Å². The molecule has 1 atom stereocenters. The average Bonchev–Trinajstić information content (AvgIpc) is 2.97. The number of pyridine rings is 1. The van der Waals surface area contributed by atoms with Crippen LogP contribution in [0.2, 0.25) is 0 Å². The summed E-state index contributed by atoms with van der Waals surface area (Å²) in [5.41, 5.74) is 0.764. The van der Waals surface area contributed by atoms with Gasteiger partial charge in [0.1, 0.15) is 6.42 Å². The molecule has 2 rings (SSSR count). The first-order valence-corrected chi connectivity index (χ1v) is 6.79. The van der Waals surface area contributed by atoms with Crippen LogP contribution in [0.25, 0.3) is 0 Å². The van der Waals surface area contributed by atoms with Gasteiger partial charge in [-0.05, 0) is 25.0 Å². The van der Waals surface area contributed by atoms with Gasteiger partial charge >= 0.3 is 0 Å². The van der Waals surface area contributed by atoms with Crippen LogP contribution in [0.4, 0.5) is 0 Å². The number of ether oxygens (including phenoxy) is 1. The van der Waals surface area contributed by atoms with Gasteiger partial charge in [-0.15, -0.1) is 0 Å². The molecule has 6 nitrogen and oxygen atoms in total. The number of hydrogen-bond acceptors (Lipinski definition) is 4. The van der Waals surface area contributed by atoms with Crippen LogP contribution in [0.1, 0.15) is 25.0 Å². The van der Waals surface area contributed by atoms with E-state index in [1.54, 1.807) is 6.20 Å². The van der Waals surface area contributed by atoms with E-state index in [1.165, 1.54) is 0 Å². The van der Waals surface area contributed by atoms with Crippen LogP contribution in [0.3, 0.4) is 0 Å². The Morgan fingerprint density at radius 3 is 2.85 bits per heavy atom. The second-order valence-corrected chi connectivity index (χ2v) is 4.71. The van der Waals surface area contributed by atoms with Gasteiger partial charge in [-0.2, -0.15) is 0 Å². The number of carbonyl (C=O) groups is 2. The lowest BCUT2D eigenvalue weighted by atomic mass is 10.2. The molecule has 6 heteroatoms. The Bertz CT molecular complexity index is 444. The Hall–Kier alpha value is -1.95. The zero-order valence-corrected chi connectivity index (χ0v) is 11.3. The number of amides is 2. The standard InChI is InChI=1S/C14H19N3O3/c18-13(16-9-11-4-1-2-6-15-11)8-14(19)17-10-12-5-3-7-20-12/h1-2,4,6,12H,3,5,7-10H2,(H,16,18)(H,17,19). The summed E-state index contributed by atoms with van der Waals surface area (Å²) in [4.78, 5) is 27.3. The average molecular weight is 277 g/mol. The van der Waals surface area contributed by atoms with Crippen molar-refractivity contribution in [3.05, 3.63) is 30.1 Å². The second-order valence-electron chi connectivity index (χ2n) is 4.71. The Labute approximate surface area is 117 Å². The lowest BCUT2D eigenvalue weighted by Gasteiger charge is -2.10. The number of nitrogens with one attached hydrogen (secondary N) is 2. The SMILES string of the molecule is O=C(CC(=O)NCC1CCCO1)NCc1ccccn1. The Morgan fingerprint density at radius 2 is 2.15 bits per heavy atom. The first kappa shape index (κ1) is 14.5. The fourth-order valence-electron chi connectivity index (χ4n) is 2.00. The summed E-state index contributed by atoms with van der Waals surface area (Å²) < 4.78 is 5.39. The van der Waals surface area contributed by atoms with Crippen molar-refractivity contribution in [3.8, 4) is 0 Å². The third kappa shape index (κ3) is 4.97. The number of rotatable bonds is 6. The number of nitrogens with zero attached hydrogens (tertiary/aromatic N) is 1. The summed E-state index contributed by atoms with van der Waals surface area (Å²) in [7, 11) is 0. The Morgan fingerprint density at radius 1 is 1.30 bits per heavy atom. The molecule has 2 N–H and O–H groups in total. The van der Waals surface area contributed by atoms with Crippen molar-refractivity contribution in [2.75, 3.05) is 13.2 Å². The van der Waals surface area contributed by atoms with Gasteiger partial charge in [0.2, 0.25) is 11.8 Å². The van der Waals surface area contributed by atoms with Crippen molar-refractivity contribution in [1.29, 1.82) is 0 Å². The first-order valence-electron chi connectivity index (χ1n) is 6.79. The molecule has 0 saturated carbocycles. The maximum Gasteiger partial charge on any atom is 0.229 e. The molecule has 108 valence electrons. The van der Waals surface area contributed by atoms with Crippen LogP contribution in [0.5, 0.6) is 0 Å². The molecule has 1 saturated heterocycles. The second kappa shape index (κ2) is 7.59. The summed E-state index contributed by atoms with van der Waals surface area (Å²) in [5, 5.41) is 5.38. The highest BCUT2D eigenvalue weighted by molar-refractivity contribution is 5.96. The number of carbonyl (C=O) groups excluding carboxylic acids is 2. The van der Waals surface area contributed by atoms with Crippen molar-refractivity contribution < 1.29 is 14.3 Å². The number of aromatic nitrogens is 1. The third-order valence-electron chi connectivity index (χ3n) is 3.06. The van der Waals surface area contributed by atoms with Gasteiger partial charge in [-0.25, -0.2) is 0 Å². The van der Waals surface area contributed by atoms with Gasteiger partial charge in [-0.1, -0.05) is 6.07 Å². The van der Waals surface area contributed by atoms with Crippen molar-refractivity contribution in [2.24, 2.45) is 0 Å². The molecule has 1 unspecified atom stereocenters. The quantitative estimate of drug-likeness (QED) is 0.737. The summed E-state index contributed by atoms with van der Waals surface area (Å²) >= 11 is 0. The molecule has 1 aromatic heterocycles. The van der Waals surface area contributed by atoms with Gasteiger partial charge in [0.25, 0.3) is 0 Å². The molecule has 0 aliphatic carbocycles. The maximum absolute atomic E-state index is 11.6. The maximum atomic E-state index is 11.6. The highest BCUT2D eigenvalue weighted by atomic mass is 16.5. The highest BCUT2D eigenvalue weighted by Gasteiger charge is 2.17. The van der Waals surface area contributed by atoms with E-state index >= 15 is 0 Å². The zero-order valence-electron chi connectivity index (χ0n) is 11.3. The molecule has 2 heterocycles. The minimum atomic E-state index is -0.305. The van der Waals surface area contributed by atoms with Crippen molar-refractivity contribution in [1.82, 2.24) is 15.6 Å². The molecule has 1 fully saturated rings. The highest BCUT2D eigenvalue weighted by Crippen LogP contribution is 2.10. The fourth-order valence-corrected chi connectivity index (χ4v) is 2.00. The lowest BCUT2D eigenvalue weighted by molar-refractivity contribution is -0.129. The van der Waals surface area contributed by atoms with Gasteiger partial charge in [0.15, 0.2) is 0 Å². The van der Waals surface area contributed by atoms with E-state index in [4.69, 9.17) is 4.74 Å². The van der Waals surface area contributed by atoms with Crippen LogP contribution < -0.4 is 10.6 Å². The van der Waals surface area contributed by atoms with Crippen molar-refractivity contribution >= 4 is 11.8 Å². The molecule has 0 radical (unpaired) electrons. The van der Waals surface area contributed by atoms with E-state index in [0.717, 1.165) is 25.1 Å². The first-order chi connectivity index (χ1) is 9.74. The molecule has 1 aliphatic rings. The van der Waals surface area contributed by atoms with Crippen LogP contribution >= 0.6 is 0 Å².